The van der Waals surface area contributed by atoms with Crippen LogP contribution < -0.4 is 11.1 Å². The van der Waals surface area contributed by atoms with Gasteiger partial charge in [-0.15, -0.1) is 0 Å². The van der Waals surface area contributed by atoms with Gasteiger partial charge in [-0.1, -0.05) is 12.1 Å². The summed E-state index contributed by atoms with van der Waals surface area (Å²) in [6, 6.07) is 15.8. The fourth-order valence-electron chi connectivity index (χ4n) is 6.45. The Labute approximate surface area is 182 Å². The molecule has 0 atom stereocenters. The Morgan fingerprint density at radius 1 is 0.871 bits per heavy atom. The zero-order valence-electron chi connectivity index (χ0n) is 17.6. The molecule has 3 aromatic rings. The number of anilines is 1. The predicted octanol–water partition coefficient (Wildman–Crippen LogP) is 4.88. The molecule has 0 saturated heterocycles. The number of aromatic nitrogens is 2. The van der Waals surface area contributed by atoms with Crippen molar-refractivity contribution >= 4 is 11.6 Å². The van der Waals surface area contributed by atoms with Gasteiger partial charge in [0.05, 0.1) is 11.9 Å². The van der Waals surface area contributed by atoms with E-state index in [1.54, 1.807) is 0 Å². The number of rotatable bonds is 4. The Morgan fingerprint density at radius 2 is 1.48 bits per heavy atom. The van der Waals surface area contributed by atoms with Crippen LogP contribution in [-0.2, 0) is 0 Å². The third-order valence-corrected chi connectivity index (χ3v) is 7.74. The maximum atomic E-state index is 13.0. The molecular weight excluding hydrogens is 384 g/mol. The number of nitrogens with zero attached hydrogens (tertiary/aromatic N) is 1. The molecule has 4 aliphatic rings. The molecule has 4 N–H and O–H groups in total. The van der Waals surface area contributed by atoms with Crippen LogP contribution in [0, 0.1) is 23.7 Å². The molecule has 4 aliphatic carbocycles. The second kappa shape index (κ2) is 7.26. The van der Waals surface area contributed by atoms with Gasteiger partial charge in [-0.2, -0.15) is 0 Å². The van der Waals surface area contributed by atoms with Crippen molar-refractivity contribution in [1.29, 1.82) is 0 Å². The van der Waals surface area contributed by atoms with Crippen LogP contribution in [0.2, 0.25) is 0 Å². The maximum absolute atomic E-state index is 13.0. The van der Waals surface area contributed by atoms with E-state index in [-0.39, 0.29) is 5.91 Å². The molecule has 1 amide bonds. The molecule has 5 heteroatoms. The molecule has 0 unspecified atom stereocenters. The number of benzene rings is 2. The molecular formula is C26H28N4O. The van der Waals surface area contributed by atoms with Crippen molar-refractivity contribution < 1.29 is 4.79 Å². The predicted molar refractivity (Wildman–Crippen MR) is 122 cm³/mol. The molecule has 0 spiro atoms. The van der Waals surface area contributed by atoms with E-state index in [0.717, 1.165) is 45.7 Å². The van der Waals surface area contributed by atoms with Crippen LogP contribution in [0.4, 0.5) is 5.69 Å². The molecule has 0 radical (unpaired) electrons. The van der Waals surface area contributed by atoms with Gasteiger partial charge in [0, 0.05) is 22.9 Å². The lowest BCUT2D eigenvalue weighted by Gasteiger charge is -2.54. The summed E-state index contributed by atoms with van der Waals surface area (Å²) in [5, 5.41) is 3.40. The molecule has 5 nitrogen and oxygen atoms in total. The number of H-pyrrole nitrogens is 1. The SMILES string of the molecule is Nc1ccc(-c2ncc(-c3ccc(C(=O)NC4C5CC6CC(C5)CC4C6)cc3)[nH]2)cc1. The molecule has 1 aromatic heterocycles. The van der Waals surface area contributed by atoms with E-state index in [4.69, 9.17) is 5.73 Å². The van der Waals surface area contributed by atoms with Crippen LogP contribution in [0.25, 0.3) is 22.6 Å². The number of aromatic amines is 1. The topological polar surface area (TPSA) is 83.8 Å². The van der Waals surface area contributed by atoms with Crippen molar-refractivity contribution in [3.8, 4) is 22.6 Å². The minimum absolute atomic E-state index is 0.0659. The van der Waals surface area contributed by atoms with Crippen molar-refractivity contribution in [3.63, 3.8) is 0 Å². The summed E-state index contributed by atoms with van der Waals surface area (Å²) in [6.07, 6.45) is 8.51. The quantitative estimate of drug-likeness (QED) is 0.534. The van der Waals surface area contributed by atoms with Gasteiger partial charge in [0.2, 0.25) is 0 Å². The monoisotopic (exact) mass is 412 g/mol. The summed E-state index contributed by atoms with van der Waals surface area (Å²) in [5.74, 6) is 4.09. The highest BCUT2D eigenvalue weighted by atomic mass is 16.1. The van der Waals surface area contributed by atoms with Crippen LogP contribution in [0.1, 0.15) is 42.5 Å². The van der Waals surface area contributed by atoms with Crippen molar-refractivity contribution in [2.24, 2.45) is 23.7 Å². The fraction of sp³-hybridized carbons (Fsp3) is 0.385. The first-order valence-corrected chi connectivity index (χ1v) is 11.4. The maximum Gasteiger partial charge on any atom is 0.251 e. The average Bonchev–Trinajstić information content (AvgIpc) is 3.26. The van der Waals surface area contributed by atoms with Crippen LogP contribution in [0.3, 0.4) is 0 Å². The van der Waals surface area contributed by atoms with Gasteiger partial charge >= 0.3 is 0 Å². The second-order valence-electron chi connectivity index (χ2n) is 9.77. The van der Waals surface area contributed by atoms with E-state index in [9.17, 15) is 4.79 Å². The van der Waals surface area contributed by atoms with Crippen molar-refractivity contribution in [3.05, 3.63) is 60.3 Å². The first-order chi connectivity index (χ1) is 15.1. The van der Waals surface area contributed by atoms with E-state index in [1.165, 1.54) is 32.1 Å². The molecule has 158 valence electrons. The third kappa shape index (κ3) is 3.42. The number of imidazole rings is 1. The third-order valence-electron chi connectivity index (χ3n) is 7.74. The summed E-state index contributed by atoms with van der Waals surface area (Å²) in [6.45, 7) is 0. The molecule has 31 heavy (non-hydrogen) atoms. The minimum Gasteiger partial charge on any atom is -0.399 e. The molecule has 0 aliphatic heterocycles. The lowest BCUT2D eigenvalue weighted by Crippen LogP contribution is -2.55. The van der Waals surface area contributed by atoms with E-state index >= 15 is 0 Å². The van der Waals surface area contributed by atoms with E-state index in [1.807, 2.05) is 54.7 Å². The average molecular weight is 413 g/mol. The number of hydrogen-bond acceptors (Lipinski definition) is 3. The largest absolute Gasteiger partial charge is 0.399 e. The Bertz CT molecular complexity index is 1070. The summed E-state index contributed by atoms with van der Waals surface area (Å²) in [4.78, 5) is 20.8. The number of hydrogen-bond donors (Lipinski definition) is 3. The molecule has 2 aromatic carbocycles. The smallest absolute Gasteiger partial charge is 0.251 e. The Balaban J connectivity index is 1.15. The number of amides is 1. The lowest BCUT2D eigenvalue weighted by molar-refractivity contribution is -0.0119. The summed E-state index contributed by atoms with van der Waals surface area (Å²) in [5.41, 5.74) is 10.2. The highest BCUT2D eigenvalue weighted by Gasteiger charge is 2.48. The number of carbonyl (C=O) groups excluding carboxylic acids is 1. The lowest BCUT2D eigenvalue weighted by atomic mass is 9.54. The Morgan fingerprint density at radius 3 is 2.13 bits per heavy atom. The van der Waals surface area contributed by atoms with Gasteiger partial charge in [0.25, 0.3) is 5.91 Å². The number of nitrogen functional groups attached to an aromatic ring is 1. The van der Waals surface area contributed by atoms with Gasteiger partial charge in [-0.25, -0.2) is 4.98 Å². The van der Waals surface area contributed by atoms with Crippen molar-refractivity contribution in [1.82, 2.24) is 15.3 Å². The Hall–Kier alpha value is -3.08. The normalized spacial score (nSPS) is 28.6. The van der Waals surface area contributed by atoms with Crippen molar-refractivity contribution in [2.75, 3.05) is 5.73 Å². The van der Waals surface area contributed by atoms with Gasteiger partial charge in [0.1, 0.15) is 5.82 Å². The standard InChI is InChI=1S/C26H28N4O/c27-22-7-5-18(6-8-22)25-28-14-23(29-25)17-1-3-19(4-2-17)26(31)30-24-20-10-15-9-16(12-20)13-21(24)11-15/h1-8,14-16,20-21,24H,9-13,27H2,(H,28,29)(H,30,31). The van der Waals surface area contributed by atoms with Crippen LogP contribution in [-0.4, -0.2) is 21.9 Å². The van der Waals surface area contributed by atoms with E-state index in [0.29, 0.717) is 17.9 Å². The van der Waals surface area contributed by atoms with E-state index in [2.05, 4.69) is 15.3 Å². The zero-order chi connectivity index (χ0) is 20.9. The molecule has 4 fully saturated rings. The number of carbonyl (C=O) groups is 1. The highest BCUT2D eigenvalue weighted by Crippen LogP contribution is 2.53. The van der Waals surface area contributed by atoms with Gasteiger partial charge in [-0.05, 0) is 97.7 Å². The molecule has 1 heterocycles. The first-order valence-electron chi connectivity index (χ1n) is 11.4. The van der Waals surface area contributed by atoms with Crippen molar-refractivity contribution in [2.45, 2.75) is 38.1 Å². The summed E-state index contributed by atoms with van der Waals surface area (Å²) >= 11 is 0. The van der Waals surface area contributed by atoms with Crippen LogP contribution in [0.5, 0.6) is 0 Å². The summed E-state index contributed by atoms with van der Waals surface area (Å²) in [7, 11) is 0. The first kappa shape index (κ1) is 18.7. The zero-order valence-corrected chi connectivity index (χ0v) is 17.6. The highest BCUT2D eigenvalue weighted by molar-refractivity contribution is 5.94. The van der Waals surface area contributed by atoms with Gasteiger partial charge in [0.15, 0.2) is 0 Å². The van der Waals surface area contributed by atoms with Crippen LogP contribution in [0.15, 0.2) is 54.7 Å². The van der Waals surface area contributed by atoms with Crippen LogP contribution >= 0.6 is 0 Å². The Kier molecular flexibility index (Phi) is 4.37. The molecule has 4 saturated carbocycles. The van der Waals surface area contributed by atoms with E-state index < -0.39 is 0 Å². The molecule has 4 bridgehead atoms. The minimum atomic E-state index is 0.0659. The summed E-state index contributed by atoms with van der Waals surface area (Å²) < 4.78 is 0. The number of nitrogens with one attached hydrogen (secondary N) is 2. The molecule has 7 rings (SSSR count). The fourth-order valence-corrected chi connectivity index (χ4v) is 6.45. The van der Waals surface area contributed by atoms with Gasteiger partial charge < -0.3 is 16.0 Å². The second-order valence-corrected chi connectivity index (χ2v) is 9.77. The van der Waals surface area contributed by atoms with Gasteiger partial charge in [-0.3, -0.25) is 4.79 Å². The number of nitrogens with two attached hydrogens (primary N) is 1.